The van der Waals surface area contributed by atoms with Crippen LogP contribution < -0.4 is 0 Å². The smallest absolute Gasteiger partial charge is 0.124 e. The molecular formula is C19H18ClFN2O. The lowest BCUT2D eigenvalue weighted by Gasteiger charge is -2.08. The van der Waals surface area contributed by atoms with E-state index in [1.54, 1.807) is 10.7 Å². The Kier molecular flexibility index (Phi) is 4.97. The molecule has 3 aromatic rings. The molecule has 1 aromatic heterocycles. The summed E-state index contributed by atoms with van der Waals surface area (Å²) in [7, 11) is 0. The Morgan fingerprint density at radius 2 is 2.12 bits per heavy atom. The maximum absolute atomic E-state index is 13.3. The number of rotatable bonds is 5. The van der Waals surface area contributed by atoms with Gasteiger partial charge in [0.1, 0.15) is 5.82 Å². The summed E-state index contributed by atoms with van der Waals surface area (Å²) in [6.45, 7) is 2.58. The second-order valence-electron chi connectivity index (χ2n) is 5.58. The van der Waals surface area contributed by atoms with Crippen LogP contribution in [-0.4, -0.2) is 21.5 Å². The third-order valence-corrected chi connectivity index (χ3v) is 4.22. The van der Waals surface area contributed by atoms with Crippen LogP contribution in [0.3, 0.4) is 0 Å². The molecule has 24 heavy (non-hydrogen) atoms. The van der Waals surface area contributed by atoms with E-state index < -0.39 is 0 Å². The molecule has 2 aromatic carbocycles. The number of halogens is 2. The molecule has 124 valence electrons. The lowest BCUT2D eigenvalue weighted by molar-refractivity contribution is 0.270. The number of hydrogen-bond donors (Lipinski definition) is 1. The Morgan fingerprint density at radius 1 is 1.29 bits per heavy atom. The predicted octanol–water partition coefficient (Wildman–Crippen LogP) is 4.77. The zero-order valence-corrected chi connectivity index (χ0v) is 14.1. The van der Waals surface area contributed by atoms with Gasteiger partial charge >= 0.3 is 0 Å². The van der Waals surface area contributed by atoms with Crippen LogP contribution in [0, 0.1) is 5.82 Å². The summed E-state index contributed by atoms with van der Waals surface area (Å²) in [4.78, 5) is 0. The molecule has 0 saturated carbocycles. The molecule has 5 heteroatoms. The maximum Gasteiger partial charge on any atom is 0.124 e. The van der Waals surface area contributed by atoms with E-state index in [4.69, 9.17) is 16.7 Å². The monoisotopic (exact) mass is 344 g/mol. The average Bonchev–Trinajstić information content (AvgIpc) is 2.95. The van der Waals surface area contributed by atoms with Gasteiger partial charge < -0.3 is 5.11 Å². The summed E-state index contributed by atoms with van der Waals surface area (Å²) < 4.78 is 15.0. The third kappa shape index (κ3) is 3.50. The molecule has 0 bridgehead atoms. The first-order valence-corrected chi connectivity index (χ1v) is 8.22. The molecule has 1 heterocycles. The van der Waals surface area contributed by atoms with Crippen molar-refractivity contribution in [1.82, 2.24) is 9.78 Å². The van der Waals surface area contributed by atoms with Crippen molar-refractivity contribution in [3.8, 4) is 0 Å². The fraction of sp³-hybridized carbons (Fsp3) is 0.211. The number of allylic oxidation sites excluding steroid dienone is 1. The topological polar surface area (TPSA) is 38.0 Å². The zero-order chi connectivity index (χ0) is 17.1. The Bertz CT molecular complexity index is 902. The number of benzene rings is 2. The molecule has 0 fully saturated rings. The normalized spacial score (nSPS) is 12.1. The van der Waals surface area contributed by atoms with Gasteiger partial charge in [-0.25, -0.2) is 4.39 Å². The van der Waals surface area contributed by atoms with Gasteiger partial charge in [-0.1, -0.05) is 36.7 Å². The summed E-state index contributed by atoms with van der Waals surface area (Å²) in [5.74, 6) is -0.336. The molecule has 3 nitrogen and oxygen atoms in total. The highest BCUT2D eigenvalue weighted by atomic mass is 35.5. The number of aliphatic hydroxyl groups is 1. The van der Waals surface area contributed by atoms with Gasteiger partial charge in [0.25, 0.3) is 0 Å². The molecule has 0 saturated heterocycles. The van der Waals surface area contributed by atoms with E-state index in [0.717, 1.165) is 34.0 Å². The Hall–Kier alpha value is -2.17. The number of hydrogen-bond acceptors (Lipinski definition) is 2. The lowest BCUT2D eigenvalue weighted by Crippen LogP contribution is -2.01. The van der Waals surface area contributed by atoms with Crippen LogP contribution in [-0.2, 0) is 6.54 Å². The van der Waals surface area contributed by atoms with Crippen molar-refractivity contribution in [2.24, 2.45) is 0 Å². The maximum atomic E-state index is 13.3. The van der Waals surface area contributed by atoms with Gasteiger partial charge in [0.2, 0.25) is 0 Å². The molecule has 0 aliphatic heterocycles. The molecule has 0 aliphatic rings. The van der Waals surface area contributed by atoms with E-state index in [2.05, 4.69) is 11.2 Å². The molecule has 3 rings (SSSR count). The molecule has 0 aliphatic carbocycles. The van der Waals surface area contributed by atoms with Crippen molar-refractivity contribution >= 4 is 34.2 Å². The molecule has 0 unspecified atom stereocenters. The fourth-order valence-corrected chi connectivity index (χ4v) is 3.01. The first-order chi connectivity index (χ1) is 11.6. The molecule has 0 amide bonds. The lowest BCUT2D eigenvalue weighted by atomic mass is 10.00. The van der Waals surface area contributed by atoms with Crippen LogP contribution in [0.25, 0.3) is 22.6 Å². The van der Waals surface area contributed by atoms with Crippen molar-refractivity contribution in [2.45, 2.75) is 19.9 Å². The van der Waals surface area contributed by atoms with Gasteiger partial charge in [-0.2, -0.15) is 5.10 Å². The van der Waals surface area contributed by atoms with E-state index in [0.29, 0.717) is 11.6 Å². The van der Waals surface area contributed by atoms with Crippen LogP contribution >= 0.6 is 11.6 Å². The van der Waals surface area contributed by atoms with E-state index >= 15 is 0 Å². The van der Waals surface area contributed by atoms with Crippen molar-refractivity contribution in [3.63, 3.8) is 0 Å². The Balaban J connectivity index is 1.99. The largest absolute Gasteiger partial charge is 0.394 e. The number of aliphatic hydroxyl groups excluding tert-OH is 1. The van der Waals surface area contributed by atoms with Crippen LogP contribution in [0.5, 0.6) is 0 Å². The van der Waals surface area contributed by atoms with Gasteiger partial charge in [0.15, 0.2) is 0 Å². The Morgan fingerprint density at radius 3 is 2.83 bits per heavy atom. The first-order valence-electron chi connectivity index (χ1n) is 7.84. The second-order valence-corrected chi connectivity index (χ2v) is 5.99. The highest BCUT2D eigenvalue weighted by Gasteiger charge is 2.07. The third-order valence-electron chi connectivity index (χ3n) is 3.90. The molecule has 0 spiro atoms. The summed E-state index contributed by atoms with van der Waals surface area (Å²) in [6.07, 6.45) is 4.76. The number of fused-ring (bicyclic) bond motifs is 1. The van der Waals surface area contributed by atoms with E-state index in [1.807, 2.05) is 31.3 Å². The standard InChI is InChI=1S/C19H18ClFN2O/c1-2-14(17-5-4-16(21)11-18(17)20)9-13-3-6-19-15(10-13)12-23(22-19)7-8-24/h3-6,9-12,24H,2,7-8H2,1H3/b14-9+. The van der Waals surface area contributed by atoms with Crippen LogP contribution in [0.4, 0.5) is 4.39 Å². The fourth-order valence-electron chi connectivity index (χ4n) is 2.72. The molecule has 0 radical (unpaired) electrons. The first kappa shape index (κ1) is 16.7. The zero-order valence-electron chi connectivity index (χ0n) is 13.3. The minimum atomic E-state index is -0.336. The minimum absolute atomic E-state index is 0.0593. The minimum Gasteiger partial charge on any atom is -0.394 e. The number of aromatic nitrogens is 2. The van der Waals surface area contributed by atoms with E-state index in [9.17, 15) is 4.39 Å². The van der Waals surface area contributed by atoms with Gasteiger partial charge in [-0.15, -0.1) is 0 Å². The van der Waals surface area contributed by atoms with Crippen molar-refractivity contribution in [2.75, 3.05) is 6.61 Å². The summed E-state index contributed by atoms with van der Waals surface area (Å²) in [5, 5.41) is 14.8. The van der Waals surface area contributed by atoms with Gasteiger partial charge in [0, 0.05) is 11.6 Å². The van der Waals surface area contributed by atoms with Crippen molar-refractivity contribution in [1.29, 1.82) is 0 Å². The Labute approximate surface area is 145 Å². The van der Waals surface area contributed by atoms with E-state index in [-0.39, 0.29) is 12.4 Å². The second kappa shape index (κ2) is 7.16. The quantitative estimate of drug-likeness (QED) is 0.677. The van der Waals surface area contributed by atoms with Crippen LogP contribution in [0.2, 0.25) is 5.02 Å². The summed E-state index contributed by atoms with van der Waals surface area (Å²) in [5.41, 5.74) is 3.81. The van der Waals surface area contributed by atoms with Gasteiger partial charge in [0.05, 0.1) is 23.7 Å². The number of nitrogens with zero attached hydrogens (tertiary/aromatic N) is 2. The predicted molar refractivity (Wildman–Crippen MR) is 96.4 cm³/mol. The summed E-state index contributed by atoms with van der Waals surface area (Å²) >= 11 is 6.18. The van der Waals surface area contributed by atoms with Gasteiger partial charge in [-0.3, -0.25) is 4.68 Å². The van der Waals surface area contributed by atoms with Crippen molar-refractivity contribution < 1.29 is 9.50 Å². The SMILES string of the molecule is CC/C(=C\c1ccc2nn(CCO)cc2c1)c1ccc(F)cc1Cl. The molecule has 1 N–H and O–H groups in total. The molecular weight excluding hydrogens is 327 g/mol. The van der Waals surface area contributed by atoms with Crippen molar-refractivity contribution in [3.05, 3.63) is 64.6 Å². The van der Waals surface area contributed by atoms with Crippen LogP contribution in [0.15, 0.2) is 42.6 Å². The average molecular weight is 345 g/mol. The summed E-state index contributed by atoms with van der Waals surface area (Å²) in [6, 6.07) is 10.5. The van der Waals surface area contributed by atoms with Gasteiger partial charge in [-0.05, 0) is 47.4 Å². The van der Waals surface area contributed by atoms with Crippen LogP contribution in [0.1, 0.15) is 24.5 Å². The molecule has 0 atom stereocenters. The highest BCUT2D eigenvalue weighted by molar-refractivity contribution is 6.32. The van der Waals surface area contributed by atoms with E-state index in [1.165, 1.54) is 12.1 Å². The highest BCUT2D eigenvalue weighted by Crippen LogP contribution is 2.29.